The molecule has 0 unspecified atom stereocenters. The van der Waals surface area contributed by atoms with E-state index in [1.54, 1.807) is 14.0 Å². The molecule has 0 spiro atoms. The molecule has 0 aliphatic heterocycles. The van der Waals surface area contributed by atoms with Gasteiger partial charge < -0.3 is 19.0 Å². The average molecular weight is 529 g/mol. The van der Waals surface area contributed by atoms with E-state index in [2.05, 4.69) is 50.9 Å². The number of nitrogens with zero attached hydrogens (tertiary/aromatic N) is 1. The Labute approximate surface area is 187 Å². The van der Waals surface area contributed by atoms with Gasteiger partial charge in [0.1, 0.15) is 11.5 Å². The lowest BCUT2D eigenvalue weighted by molar-refractivity contribution is -0.148. The lowest BCUT2D eigenvalue weighted by atomic mass is 10.0. The number of ether oxygens (including phenoxy) is 3. The fourth-order valence-electron chi connectivity index (χ4n) is 2.49. The van der Waals surface area contributed by atoms with Gasteiger partial charge in [-0.3, -0.25) is 0 Å². The first-order chi connectivity index (χ1) is 13.8. The highest BCUT2D eigenvalue weighted by atomic mass is 79.9. The van der Waals surface area contributed by atoms with E-state index < -0.39 is 5.97 Å². The third-order valence-electron chi connectivity index (χ3n) is 3.83. The summed E-state index contributed by atoms with van der Waals surface area (Å²) >= 11 is 7.06. The lowest BCUT2D eigenvalue weighted by Gasteiger charge is -2.15. The van der Waals surface area contributed by atoms with Crippen LogP contribution in [0.5, 0.6) is 17.2 Å². The van der Waals surface area contributed by atoms with Crippen molar-refractivity contribution in [1.29, 1.82) is 0 Å². The van der Waals surface area contributed by atoms with E-state index in [1.165, 1.54) is 6.21 Å². The minimum Gasteiger partial charge on any atom is -0.496 e. The third kappa shape index (κ3) is 6.75. The summed E-state index contributed by atoms with van der Waals surface area (Å²) in [6, 6.07) is 9.41. The Morgan fingerprint density at radius 3 is 2.45 bits per heavy atom. The van der Waals surface area contributed by atoms with Crippen molar-refractivity contribution in [1.82, 2.24) is 0 Å². The van der Waals surface area contributed by atoms with Crippen LogP contribution in [0, 0.1) is 0 Å². The molecule has 2 aromatic rings. The second kappa shape index (κ2) is 11.2. The maximum absolute atomic E-state index is 11.2. The topological polar surface area (TPSA) is 66.4 Å². The lowest BCUT2D eigenvalue weighted by Crippen LogP contribution is -2.10. The van der Waals surface area contributed by atoms with Gasteiger partial charge in [0.25, 0.3) is 0 Å². The van der Waals surface area contributed by atoms with E-state index >= 15 is 0 Å². The molecule has 0 saturated heterocycles. The van der Waals surface area contributed by atoms with Crippen LogP contribution in [0.1, 0.15) is 37.8 Å². The zero-order valence-electron chi connectivity index (χ0n) is 16.7. The predicted molar refractivity (Wildman–Crippen MR) is 119 cm³/mol. The first kappa shape index (κ1) is 23.2. The van der Waals surface area contributed by atoms with Crippen molar-refractivity contribution in [2.75, 3.05) is 20.3 Å². The zero-order valence-corrected chi connectivity index (χ0v) is 19.9. The minimum atomic E-state index is -0.462. The Morgan fingerprint density at radius 2 is 1.86 bits per heavy atom. The Morgan fingerprint density at radius 1 is 1.17 bits per heavy atom. The first-order valence-electron chi connectivity index (χ1n) is 9.01. The van der Waals surface area contributed by atoms with Crippen LogP contribution < -0.4 is 9.47 Å². The van der Waals surface area contributed by atoms with Gasteiger partial charge in [-0.2, -0.15) is 0 Å². The second-order valence-electron chi connectivity index (χ2n) is 6.29. The van der Waals surface area contributed by atoms with Crippen molar-refractivity contribution in [2.24, 2.45) is 5.16 Å². The number of halogens is 2. The Kier molecular flexibility index (Phi) is 8.98. The highest BCUT2D eigenvalue weighted by Crippen LogP contribution is 2.39. The molecule has 8 heteroatoms. The summed E-state index contributed by atoms with van der Waals surface area (Å²) < 4.78 is 17.7. The number of carbonyl (C=O) groups excluding carboxylic acids is 1. The molecule has 29 heavy (non-hydrogen) atoms. The molecule has 0 amide bonds. The van der Waals surface area contributed by atoms with Crippen molar-refractivity contribution in [3.8, 4) is 17.2 Å². The second-order valence-corrected chi connectivity index (χ2v) is 8.00. The molecule has 0 atom stereocenters. The maximum Gasteiger partial charge on any atom is 0.347 e. The van der Waals surface area contributed by atoms with Crippen molar-refractivity contribution in [3.63, 3.8) is 0 Å². The molecule has 6 nitrogen and oxygen atoms in total. The minimum absolute atomic E-state index is 0.233. The zero-order chi connectivity index (χ0) is 21.4. The van der Waals surface area contributed by atoms with Crippen LogP contribution in [0.15, 0.2) is 44.4 Å². The van der Waals surface area contributed by atoms with Gasteiger partial charge in [-0.15, -0.1) is 0 Å². The van der Waals surface area contributed by atoms with Gasteiger partial charge >= 0.3 is 5.97 Å². The number of esters is 1. The Hall–Kier alpha value is -2.06. The van der Waals surface area contributed by atoms with Gasteiger partial charge in [0.05, 0.1) is 28.9 Å². The van der Waals surface area contributed by atoms with E-state index in [-0.39, 0.29) is 6.61 Å². The van der Waals surface area contributed by atoms with E-state index in [0.29, 0.717) is 24.0 Å². The van der Waals surface area contributed by atoms with Gasteiger partial charge in [-0.25, -0.2) is 4.79 Å². The van der Waals surface area contributed by atoms with Gasteiger partial charge in [0.15, 0.2) is 5.75 Å². The van der Waals surface area contributed by atoms with Crippen LogP contribution in [0.3, 0.4) is 0 Å². The largest absolute Gasteiger partial charge is 0.496 e. The summed E-state index contributed by atoms with van der Waals surface area (Å²) in [5.41, 5.74) is 1.83. The molecular formula is C21H23Br2NO5. The fraction of sp³-hybridized carbons (Fsp3) is 0.333. The number of methoxy groups -OCH3 is 1. The van der Waals surface area contributed by atoms with Crippen molar-refractivity contribution in [2.45, 2.75) is 26.7 Å². The quantitative estimate of drug-likeness (QED) is 0.225. The highest BCUT2D eigenvalue weighted by Gasteiger charge is 2.13. The van der Waals surface area contributed by atoms with E-state index in [0.717, 1.165) is 25.8 Å². The predicted octanol–water partition coefficient (Wildman–Crippen LogP) is 6.05. The monoisotopic (exact) mass is 527 g/mol. The molecule has 0 bridgehead atoms. The van der Waals surface area contributed by atoms with Crippen LogP contribution in [0.25, 0.3) is 0 Å². The number of hydrogen-bond acceptors (Lipinski definition) is 6. The average Bonchev–Trinajstić information content (AvgIpc) is 2.68. The Bertz CT molecular complexity index is 860. The molecule has 0 aliphatic carbocycles. The van der Waals surface area contributed by atoms with Crippen LogP contribution in [0.2, 0.25) is 0 Å². The summed E-state index contributed by atoms with van der Waals surface area (Å²) in [5.74, 6) is 2.01. The van der Waals surface area contributed by atoms with Gasteiger partial charge in [0.2, 0.25) is 6.61 Å². The summed E-state index contributed by atoms with van der Waals surface area (Å²) in [6.45, 7) is 6.01. The van der Waals surface area contributed by atoms with Crippen molar-refractivity contribution in [3.05, 3.63) is 50.4 Å². The third-order valence-corrected chi connectivity index (χ3v) is 5.01. The summed E-state index contributed by atoms with van der Waals surface area (Å²) in [7, 11) is 1.66. The van der Waals surface area contributed by atoms with Crippen molar-refractivity contribution >= 4 is 44.0 Å². The van der Waals surface area contributed by atoms with Gasteiger partial charge in [-0.05, 0) is 80.6 Å². The molecule has 2 aromatic carbocycles. The highest BCUT2D eigenvalue weighted by molar-refractivity contribution is 9.11. The van der Waals surface area contributed by atoms with Crippen LogP contribution in [-0.2, 0) is 14.4 Å². The number of rotatable bonds is 9. The summed E-state index contributed by atoms with van der Waals surface area (Å²) in [5, 5.41) is 3.79. The van der Waals surface area contributed by atoms with Gasteiger partial charge in [0, 0.05) is 5.56 Å². The summed E-state index contributed by atoms with van der Waals surface area (Å²) in [4.78, 5) is 16.2. The van der Waals surface area contributed by atoms with E-state index in [4.69, 9.17) is 19.0 Å². The van der Waals surface area contributed by atoms with Crippen molar-refractivity contribution < 1.29 is 23.8 Å². The molecule has 0 heterocycles. The normalized spacial score (nSPS) is 11.0. The van der Waals surface area contributed by atoms with Crippen LogP contribution in [-0.4, -0.2) is 32.5 Å². The smallest absolute Gasteiger partial charge is 0.347 e. The molecule has 0 aromatic heterocycles. The molecule has 156 valence electrons. The molecular weight excluding hydrogens is 506 g/mol. The number of oxime groups is 1. The molecule has 0 aliphatic rings. The van der Waals surface area contributed by atoms with Gasteiger partial charge in [-0.1, -0.05) is 19.0 Å². The van der Waals surface area contributed by atoms with E-state index in [1.807, 2.05) is 30.3 Å². The molecule has 0 fully saturated rings. The Balaban J connectivity index is 2.13. The molecule has 0 saturated carbocycles. The SMILES string of the molecule is CCOC(=O)CON=Cc1cc(Br)c(Oc2ccc(OC)c(C(C)C)c2)c(Br)c1. The first-order valence-corrected chi connectivity index (χ1v) is 10.6. The van der Waals surface area contributed by atoms with Crippen LogP contribution in [0.4, 0.5) is 0 Å². The number of benzene rings is 2. The maximum atomic E-state index is 11.2. The number of hydrogen-bond donors (Lipinski definition) is 0. The standard InChI is InChI=1S/C21H23Br2NO5/c1-5-27-20(25)12-28-24-11-14-8-17(22)21(18(23)9-14)29-15-6-7-19(26-4)16(10-15)13(2)3/h6-11,13H,5,12H2,1-4H3. The van der Waals surface area contributed by atoms with E-state index in [9.17, 15) is 4.79 Å². The fourth-order valence-corrected chi connectivity index (χ4v) is 3.87. The molecule has 2 rings (SSSR count). The van der Waals surface area contributed by atoms with Crippen LogP contribution >= 0.6 is 31.9 Å². The number of carbonyl (C=O) groups is 1. The molecule has 0 radical (unpaired) electrons. The summed E-state index contributed by atoms with van der Waals surface area (Å²) in [6.07, 6.45) is 1.50. The molecule has 0 N–H and O–H groups in total.